The molecule has 1 fully saturated rings. The predicted octanol–water partition coefficient (Wildman–Crippen LogP) is 1.01. The lowest BCUT2D eigenvalue weighted by Gasteiger charge is -2.32. The molecule has 0 aromatic carbocycles. The number of aromatic nitrogens is 2. The number of aryl methyl sites for hydroxylation is 2. The summed E-state index contributed by atoms with van der Waals surface area (Å²) in [5, 5.41) is 2.91. The average Bonchev–Trinajstić information content (AvgIpc) is 2.61. The number of likely N-dealkylation sites (tertiary alicyclic amines) is 1. The maximum Gasteiger partial charge on any atom is 0.226 e. The maximum absolute atomic E-state index is 12.3. The lowest BCUT2D eigenvalue weighted by Crippen LogP contribution is -2.47. The van der Waals surface area contributed by atoms with Crippen LogP contribution in [-0.4, -0.2) is 45.8 Å². The first-order valence-electron chi connectivity index (χ1n) is 7.57. The van der Waals surface area contributed by atoms with E-state index < -0.39 is 5.54 Å². The number of nitrogens with one attached hydrogen (secondary N) is 1. The van der Waals surface area contributed by atoms with Gasteiger partial charge in [0.2, 0.25) is 11.8 Å². The summed E-state index contributed by atoms with van der Waals surface area (Å²) in [7, 11) is 1.75. The van der Waals surface area contributed by atoms with Crippen LogP contribution in [0.4, 0.5) is 0 Å². The molecule has 1 aromatic rings. The van der Waals surface area contributed by atoms with Crippen LogP contribution >= 0.6 is 0 Å². The highest BCUT2D eigenvalue weighted by Crippen LogP contribution is 2.34. The molecular formula is C16H24N4O2. The van der Waals surface area contributed by atoms with Crippen LogP contribution in [-0.2, 0) is 16.0 Å². The fourth-order valence-electron chi connectivity index (χ4n) is 2.86. The van der Waals surface area contributed by atoms with Crippen molar-refractivity contribution in [2.24, 2.45) is 5.92 Å². The highest BCUT2D eigenvalue weighted by molar-refractivity contribution is 5.90. The second-order valence-electron chi connectivity index (χ2n) is 6.47. The summed E-state index contributed by atoms with van der Waals surface area (Å²) in [6, 6.07) is 1.92. The van der Waals surface area contributed by atoms with Gasteiger partial charge in [0.15, 0.2) is 0 Å². The molecule has 1 aliphatic rings. The molecule has 0 unspecified atom stereocenters. The lowest BCUT2D eigenvalue weighted by molar-refractivity contribution is -0.128. The standard InChI is InChI=1S/C16H24N4O2/c1-10-8-11(2)19-13(18-10)6-7-17-15(22)12-9-14(21)20(5)16(12,3)4/h8,12H,6-7,9H2,1-5H3,(H,17,22)/t12-/m1/s1. The van der Waals surface area contributed by atoms with Crippen molar-refractivity contribution >= 4 is 11.8 Å². The number of hydrogen-bond donors (Lipinski definition) is 1. The molecule has 2 rings (SSSR count). The van der Waals surface area contributed by atoms with Crippen molar-refractivity contribution < 1.29 is 9.59 Å². The van der Waals surface area contributed by atoms with Gasteiger partial charge in [-0.15, -0.1) is 0 Å². The van der Waals surface area contributed by atoms with Crippen molar-refractivity contribution in [3.05, 3.63) is 23.3 Å². The Morgan fingerprint density at radius 3 is 2.45 bits per heavy atom. The first-order chi connectivity index (χ1) is 10.2. The van der Waals surface area contributed by atoms with E-state index >= 15 is 0 Å². The second-order valence-corrected chi connectivity index (χ2v) is 6.47. The third-order valence-electron chi connectivity index (χ3n) is 4.46. The molecule has 0 saturated carbocycles. The van der Waals surface area contributed by atoms with Crippen molar-refractivity contribution in [3.63, 3.8) is 0 Å². The van der Waals surface area contributed by atoms with E-state index in [0.717, 1.165) is 17.2 Å². The highest BCUT2D eigenvalue weighted by Gasteiger charge is 2.47. The monoisotopic (exact) mass is 304 g/mol. The van der Waals surface area contributed by atoms with E-state index in [-0.39, 0.29) is 24.2 Å². The Hall–Kier alpha value is -1.98. The van der Waals surface area contributed by atoms with E-state index in [1.165, 1.54) is 0 Å². The van der Waals surface area contributed by atoms with Crippen LogP contribution in [0.15, 0.2) is 6.07 Å². The molecular weight excluding hydrogens is 280 g/mol. The molecule has 1 saturated heterocycles. The minimum atomic E-state index is -0.447. The lowest BCUT2D eigenvalue weighted by atomic mass is 9.88. The average molecular weight is 304 g/mol. The molecule has 0 radical (unpaired) electrons. The van der Waals surface area contributed by atoms with E-state index in [4.69, 9.17) is 0 Å². The predicted molar refractivity (Wildman–Crippen MR) is 83.2 cm³/mol. The van der Waals surface area contributed by atoms with Crippen LogP contribution in [0.25, 0.3) is 0 Å². The fourth-order valence-corrected chi connectivity index (χ4v) is 2.86. The van der Waals surface area contributed by atoms with Crippen molar-refractivity contribution in [2.45, 2.75) is 46.1 Å². The molecule has 6 nitrogen and oxygen atoms in total. The Labute approximate surface area is 131 Å². The quantitative estimate of drug-likeness (QED) is 0.901. The Balaban J connectivity index is 1.92. The number of carbonyl (C=O) groups excluding carboxylic acids is 2. The third kappa shape index (κ3) is 3.26. The zero-order valence-corrected chi connectivity index (χ0v) is 13.9. The summed E-state index contributed by atoms with van der Waals surface area (Å²) in [6.45, 7) is 8.19. The fraction of sp³-hybridized carbons (Fsp3) is 0.625. The zero-order valence-electron chi connectivity index (χ0n) is 13.9. The van der Waals surface area contributed by atoms with Crippen LogP contribution in [0, 0.1) is 19.8 Å². The normalized spacial score (nSPS) is 20.3. The highest BCUT2D eigenvalue weighted by atomic mass is 16.2. The molecule has 22 heavy (non-hydrogen) atoms. The largest absolute Gasteiger partial charge is 0.355 e. The van der Waals surface area contributed by atoms with Crippen LogP contribution < -0.4 is 5.32 Å². The molecule has 0 bridgehead atoms. The molecule has 0 spiro atoms. The van der Waals surface area contributed by atoms with Gasteiger partial charge in [0.25, 0.3) is 0 Å². The zero-order chi connectivity index (χ0) is 16.5. The van der Waals surface area contributed by atoms with Gasteiger partial charge >= 0.3 is 0 Å². The first-order valence-corrected chi connectivity index (χ1v) is 7.57. The van der Waals surface area contributed by atoms with Crippen LogP contribution in [0.2, 0.25) is 0 Å². The molecule has 1 N–H and O–H groups in total. The number of hydrogen-bond acceptors (Lipinski definition) is 4. The molecule has 2 amide bonds. The third-order valence-corrected chi connectivity index (χ3v) is 4.46. The van der Waals surface area contributed by atoms with E-state index in [9.17, 15) is 9.59 Å². The SMILES string of the molecule is Cc1cc(C)nc(CCNC(=O)[C@H]2CC(=O)N(C)C2(C)C)n1. The van der Waals surface area contributed by atoms with Crippen LogP contribution in [0.1, 0.15) is 37.5 Å². The first kappa shape index (κ1) is 16.4. The van der Waals surface area contributed by atoms with Gasteiger partial charge in [-0.05, 0) is 33.8 Å². The summed E-state index contributed by atoms with van der Waals surface area (Å²) in [4.78, 5) is 34.5. The summed E-state index contributed by atoms with van der Waals surface area (Å²) >= 11 is 0. The van der Waals surface area contributed by atoms with Gasteiger partial charge in [0.1, 0.15) is 5.82 Å². The molecule has 1 atom stereocenters. The molecule has 6 heteroatoms. The van der Waals surface area contributed by atoms with Crippen molar-refractivity contribution in [1.29, 1.82) is 0 Å². The summed E-state index contributed by atoms with van der Waals surface area (Å²) in [5.41, 5.74) is 1.41. The van der Waals surface area contributed by atoms with Crippen molar-refractivity contribution in [3.8, 4) is 0 Å². The van der Waals surface area contributed by atoms with Gasteiger partial charge in [-0.3, -0.25) is 9.59 Å². The van der Waals surface area contributed by atoms with Gasteiger partial charge in [0, 0.05) is 43.4 Å². The number of nitrogens with zero attached hydrogens (tertiary/aromatic N) is 3. The van der Waals surface area contributed by atoms with Crippen LogP contribution in [0.5, 0.6) is 0 Å². The summed E-state index contributed by atoms with van der Waals surface area (Å²) in [5.74, 6) is 0.358. The summed E-state index contributed by atoms with van der Waals surface area (Å²) in [6.07, 6.45) is 0.862. The van der Waals surface area contributed by atoms with Gasteiger partial charge in [0.05, 0.1) is 5.92 Å². The maximum atomic E-state index is 12.3. The van der Waals surface area contributed by atoms with Crippen molar-refractivity contribution in [2.75, 3.05) is 13.6 Å². The Morgan fingerprint density at radius 2 is 1.95 bits per heavy atom. The van der Waals surface area contributed by atoms with E-state index in [1.807, 2.05) is 33.8 Å². The number of carbonyl (C=O) groups is 2. The summed E-state index contributed by atoms with van der Waals surface area (Å²) < 4.78 is 0. The molecule has 1 aromatic heterocycles. The van der Waals surface area contributed by atoms with E-state index in [0.29, 0.717) is 13.0 Å². The smallest absolute Gasteiger partial charge is 0.226 e. The Bertz CT molecular complexity index is 578. The Morgan fingerprint density at radius 1 is 1.36 bits per heavy atom. The molecule has 2 heterocycles. The number of amides is 2. The van der Waals surface area contributed by atoms with E-state index in [1.54, 1.807) is 11.9 Å². The molecule has 0 aliphatic carbocycles. The van der Waals surface area contributed by atoms with Crippen LogP contribution in [0.3, 0.4) is 0 Å². The van der Waals surface area contributed by atoms with Gasteiger partial charge in [-0.25, -0.2) is 9.97 Å². The molecule has 120 valence electrons. The van der Waals surface area contributed by atoms with Gasteiger partial charge in [-0.2, -0.15) is 0 Å². The second kappa shape index (κ2) is 6.02. The minimum absolute atomic E-state index is 0.0165. The minimum Gasteiger partial charge on any atom is -0.355 e. The topological polar surface area (TPSA) is 75.2 Å². The van der Waals surface area contributed by atoms with Gasteiger partial charge in [-0.1, -0.05) is 0 Å². The van der Waals surface area contributed by atoms with E-state index in [2.05, 4.69) is 15.3 Å². The number of rotatable bonds is 4. The molecule has 1 aliphatic heterocycles. The Kier molecular flexibility index (Phi) is 4.49. The van der Waals surface area contributed by atoms with Crippen molar-refractivity contribution in [1.82, 2.24) is 20.2 Å². The van der Waals surface area contributed by atoms with Gasteiger partial charge < -0.3 is 10.2 Å².